The number of hydrogen-bond donors (Lipinski definition) is 1. The number of nitrogens with one attached hydrogen (secondary N) is 1. The summed E-state index contributed by atoms with van der Waals surface area (Å²) in [5, 5.41) is 7.04. The normalized spacial score (nSPS) is 10.9. The van der Waals surface area contributed by atoms with Crippen molar-refractivity contribution in [1.82, 2.24) is 29.6 Å². The molecule has 3 aromatic heterocycles. The molecule has 4 rings (SSSR count). The van der Waals surface area contributed by atoms with Crippen LogP contribution < -0.4 is 5.32 Å². The van der Waals surface area contributed by atoms with Crippen molar-refractivity contribution >= 4 is 16.9 Å². The largest absolute Gasteiger partial charge is 0.350 e. The van der Waals surface area contributed by atoms with Crippen molar-refractivity contribution in [2.45, 2.75) is 13.1 Å². The standard InChI is InChI=1S/C18H16N6O/c25-18(12-23-13-21-15-4-1-2-5-16(15)23)20-11-14-6-7-17(19-10-14)24-9-3-8-22-24/h1-10,13H,11-12H2,(H,20,25). The fourth-order valence-corrected chi connectivity index (χ4v) is 2.61. The monoisotopic (exact) mass is 332 g/mol. The summed E-state index contributed by atoms with van der Waals surface area (Å²) in [6.45, 7) is 0.664. The van der Waals surface area contributed by atoms with Crippen molar-refractivity contribution in [3.05, 3.63) is 72.9 Å². The zero-order valence-electron chi connectivity index (χ0n) is 13.4. The van der Waals surface area contributed by atoms with Crippen molar-refractivity contribution in [2.75, 3.05) is 0 Å². The molecular weight excluding hydrogens is 316 g/mol. The Balaban J connectivity index is 1.37. The molecule has 7 heteroatoms. The van der Waals surface area contributed by atoms with E-state index in [1.165, 1.54) is 0 Å². The van der Waals surface area contributed by atoms with Crippen molar-refractivity contribution in [1.29, 1.82) is 0 Å². The van der Waals surface area contributed by atoms with Crippen LogP contribution in [0, 0.1) is 0 Å². The predicted octanol–water partition coefficient (Wildman–Crippen LogP) is 1.93. The molecule has 0 aliphatic heterocycles. The summed E-state index contributed by atoms with van der Waals surface area (Å²) in [6.07, 6.45) is 6.96. The average molecular weight is 332 g/mol. The van der Waals surface area contributed by atoms with Crippen LogP contribution in [0.3, 0.4) is 0 Å². The van der Waals surface area contributed by atoms with E-state index in [4.69, 9.17) is 0 Å². The Morgan fingerprint density at radius 3 is 2.80 bits per heavy atom. The van der Waals surface area contributed by atoms with Crippen LogP contribution in [-0.2, 0) is 17.9 Å². The molecule has 4 aromatic rings. The molecule has 0 atom stereocenters. The van der Waals surface area contributed by atoms with Crippen LogP contribution in [0.15, 0.2) is 67.4 Å². The van der Waals surface area contributed by atoms with Crippen LogP contribution in [0.1, 0.15) is 5.56 Å². The number of hydrogen-bond acceptors (Lipinski definition) is 4. The van der Waals surface area contributed by atoms with Crippen LogP contribution in [0.5, 0.6) is 0 Å². The second-order valence-corrected chi connectivity index (χ2v) is 5.61. The van der Waals surface area contributed by atoms with E-state index in [1.54, 1.807) is 23.4 Å². The predicted molar refractivity (Wildman–Crippen MR) is 92.9 cm³/mol. The Morgan fingerprint density at radius 2 is 2.00 bits per heavy atom. The molecule has 0 spiro atoms. The number of carbonyl (C=O) groups is 1. The summed E-state index contributed by atoms with van der Waals surface area (Å²) in [6, 6.07) is 13.4. The fourth-order valence-electron chi connectivity index (χ4n) is 2.61. The molecule has 0 aliphatic rings. The number of imidazole rings is 1. The van der Waals surface area contributed by atoms with Gasteiger partial charge in [0.25, 0.3) is 0 Å². The Hall–Kier alpha value is -3.48. The Labute approximate surface area is 143 Å². The molecule has 1 amide bonds. The van der Waals surface area contributed by atoms with E-state index < -0.39 is 0 Å². The molecule has 0 saturated carbocycles. The third kappa shape index (κ3) is 3.25. The number of amides is 1. The number of benzene rings is 1. The van der Waals surface area contributed by atoms with Crippen LogP contribution in [-0.4, -0.2) is 30.2 Å². The van der Waals surface area contributed by atoms with Gasteiger partial charge in [0.15, 0.2) is 5.82 Å². The number of pyridine rings is 1. The molecule has 124 valence electrons. The van der Waals surface area contributed by atoms with Crippen LogP contribution >= 0.6 is 0 Å². The zero-order valence-corrected chi connectivity index (χ0v) is 13.4. The molecule has 0 fully saturated rings. The summed E-state index contributed by atoms with van der Waals surface area (Å²) in [4.78, 5) is 20.8. The molecule has 0 saturated heterocycles. The maximum atomic E-state index is 12.2. The van der Waals surface area contributed by atoms with Crippen molar-refractivity contribution < 1.29 is 4.79 Å². The fraction of sp³-hybridized carbons (Fsp3) is 0.111. The molecule has 3 heterocycles. The first-order valence-corrected chi connectivity index (χ1v) is 7.91. The first-order chi connectivity index (χ1) is 12.3. The summed E-state index contributed by atoms with van der Waals surface area (Å²) < 4.78 is 3.52. The summed E-state index contributed by atoms with van der Waals surface area (Å²) in [5.41, 5.74) is 2.76. The van der Waals surface area contributed by atoms with Gasteiger partial charge >= 0.3 is 0 Å². The van der Waals surface area contributed by atoms with Crippen molar-refractivity contribution in [3.8, 4) is 5.82 Å². The highest BCUT2D eigenvalue weighted by Crippen LogP contribution is 2.11. The second-order valence-electron chi connectivity index (χ2n) is 5.61. The van der Waals surface area contributed by atoms with Gasteiger partial charge in [-0.2, -0.15) is 5.10 Å². The van der Waals surface area contributed by atoms with E-state index in [-0.39, 0.29) is 12.5 Å². The minimum atomic E-state index is -0.0701. The highest BCUT2D eigenvalue weighted by atomic mass is 16.1. The minimum absolute atomic E-state index is 0.0701. The van der Waals surface area contributed by atoms with Crippen LogP contribution in [0.2, 0.25) is 0 Å². The quantitative estimate of drug-likeness (QED) is 0.606. The van der Waals surface area contributed by atoms with Gasteiger partial charge in [0.2, 0.25) is 5.91 Å². The van der Waals surface area contributed by atoms with Gasteiger partial charge in [0.1, 0.15) is 6.54 Å². The lowest BCUT2D eigenvalue weighted by molar-refractivity contribution is -0.121. The SMILES string of the molecule is O=C(Cn1cnc2ccccc21)NCc1ccc(-n2cccn2)nc1. The average Bonchev–Trinajstić information content (AvgIpc) is 3.31. The number of para-hydroxylation sites is 2. The third-order valence-electron chi connectivity index (χ3n) is 3.88. The molecule has 1 N–H and O–H groups in total. The summed E-state index contributed by atoms with van der Waals surface area (Å²) in [7, 11) is 0. The summed E-state index contributed by atoms with van der Waals surface area (Å²) in [5.74, 6) is 0.671. The van der Waals surface area contributed by atoms with Gasteiger partial charge in [0.05, 0.1) is 17.4 Å². The topological polar surface area (TPSA) is 77.6 Å². The molecule has 0 unspecified atom stereocenters. The lowest BCUT2D eigenvalue weighted by atomic mass is 10.3. The number of carbonyl (C=O) groups excluding carboxylic acids is 1. The maximum absolute atomic E-state index is 12.2. The molecule has 0 radical (unpaired) electrons. The lowest BCUT2D eigenvalue weighted by Crippen LogP contribution is -2.26. The third-order valence-corrected chi connectivity index (χ3v) is 3.88. The van der Waals surface area contributed by atoms with Gasteiger partial charge in [-0.1, -0.05) is 18.2 Å². The molecule has 7 nitrogen and oxygen atoms in total. The zero-order chi connectivity index (χ0) is 17.1. The number of fused-ring (bicyclic) bond motifs is 1. The van der Waals surface area contributed by atoms with E-state index in [0.717, 1.165) is 22.4 Å². The number of nitrogens with zero attached hydrogens (tertiary/aromatic N) is 5. The molecule has 25 heavy (non-hydrogen) atoms. The molecule has 1 aromatic carbocycles. The van der Waals surface area contributed by atoms with Crippen molar-refractivity contribution in [3.63, 3.8) is 0 Å². The lowest BCUT2D eigenvalue weighted by Gasteiger charge is -2.07. The van der Waals surface area contributed by atoms with E-state index in [9.17, 15) is 4.79 Å². The highest BCUT2D eigenvalue weighted by Gasteiger charge is 2.07. The van der Waals surface area contributed by atoms with Crippen LogP contribution in [0.4, 0.5) is 0 Å². The smallest absolute Gasteiger partial charge is 0.240 e. The number of aromatic nitrogens is 5. The van der Waals surface area contributed by atoms with Gasteiger partial charge in [-0.05, 0) is 29.8 Å². The Morgan fingerprint density at radius 1 is 1.08 bits per heavy atom. The molecular formula is C18H16N6O. The van der Waals surface area contributed by atoms with Gasteiger partial charge < -0.3 is 9.88 Å². The van der Waals surface area contributed by atoms with E-state index in [1.807, 2.05) is 53.2 Å². The molecule has 0 bridgehead atoms. The minimum Gasteiger partial charge on any atom is -0.350 e. The van der Waals surface area contributed by atoms with Crippen LogP contribution in [0.25, 0.3) is 16.9 Å². The van der Waals surface area contributed by atoms with E-state index in [2.05, 4.69) is 20.4 Å². The van der Waals surface area contributed by atoms with Gasteiger partial charge in [-0.25, -0.2) is 14.6 Å². The van der Waals surface area contributed by atoms with E-state index >= 15 is 0 Å². The number of rotatable bonds is 5. The van der Waals surface area contributed by atoms with Gasteiger partial charge in [-0.15, -0.1) is 0 Å². The first-order valence-electron chi connectivity index (χ1n) is 7.91. The Bertz CT molecular complexity index is 988. The summed E-state index contributed by atoms with van der Waals surface area (Å²) >= 11 is 0. The second kappa shape index (κ2) is 6.56. The first kappa shape index (κ1) is 15.1. The highest BCUT2D eigenvalue weighted by molar-refractivity contribution is 5.80. The van der Waals surface area contributed by atoms with Gasteiger partial charge in [0, 0.05) is 25.1 Å². The maximum Gasteiger partial charge on any atom is 0.240 e. The molecule has 0 aliphatic carbocycles. The van der Waals surface area contributed by atoms with E-state index in [0.29, 0.717) is 6.54 Å². The Kier molecular flexibility index (Phi) is 3.96. The van der Waals surface area contributed by atoms with Crippen molar-refractivity contribution in [2.24, 2.45) is 0 Å². The van der Waals surface area contributed by atoms with Gasteiger partial charge in [-0.3, -0.25) is 4.79 Å².